The lowest BCUT2D eigenvalue weighted by Crippen LogP contribution is -2.50. The Labute approximate surface area is 234 Å². The van der Waals surface area contributed by atoms with Gasteiger partial charge < -0.3 is 20.1 Å². The van der Waals surface area contributed by atoms with Crippen LogP contribution < -0.4 is 10.1 Å². The van der Waals surface area contributed by atoms with Gasteiger partial charge in [-0.05, 0) is 54.4 Å². The number of carbonyl (C=O) groups is 1. The summed E-state index contributed by atoms with van der Waals surface area (Å²) < 4.78 is 48.3. The summed E-state index contributed by atoms with van der Waals surface area (Å²) in [6.07, 6.45) is 3.23. The molecule has 0 spiro atoms. The quantitative estimate of drug-likeness (QED) is 0.395. The molecule has 3 atom stereocenters. The second-order valence-electron chi connectivity index (χ2n) is 10.0. The standard InChI is InChI=1S/C30H34FN3O5S/c1-21-18-34(22(2)20-35)40(37,38)29-16-11-24(10-9-23-7-5-4-6-8-23)17-27(29)39-28(21)19-33(3)30(36)32-26-14-12-25(31)13-15-26/h4-17,21-22,28,35H,18-20H2,1-3H3,(H,32,36)/b10-9+/t21-,22+,28+/m0/s1. The average molecular weight is 568 g/mol. The Kier molecular flexibility index (Phi) is 9.24. The fourth-order valence-electron chi connectivity index (χ4n) is 4.43. The number of benzene rings is 3. The molecule has 3 aromatic rings. The molecule has 0 saturated heterocycles. The van der Waals surface area contributed by atoms with E-state index in [1.54, 1.807) is 26.1 Å². The maximum absolute atomic E-state index is 13.7. The van der Waals surface area contributed by atoms with E-state index in [1.165, 1.54) is 39.5 Å². The molecule has 1 aliphatic rings. The number of rotatable bonds is 7. The number of anilines is 1. The van der Waals surface area contributed by atoms with Crippen LogP contribution in [0.15, 0.2) is 77.7 Å². The number of likely N-dealkylation sites (N-methyl/N-ethyl adjacent to an activating group) is 1. The summed E-state index contributed by atoms with van der Waals surface area (Å²) >= 11 is 0. The highest BCUT2D eigenvalue weighted by Crippen LogP contribution is 2.34. The average Bonchev–Trinajstić information content (AvgIpc) is 2.95. The Morgan fingerprint density at radius 2 is 1.80 bits per heavy atom. The molecule has 0 unspecified atom stereocenters. The zero-order valence-electron chi connectivity index (χ0n) is 22.7. The predicted molar refractivity (Wildman–Crippen MR) is 154 cm³/mol. The van der Waals surface area contributed by atoms with Gasteiger partial charge in [0.15, 0.2) is 0 Å². The van der Waals surface area contributed by atoms with Gasteiger partial charge in [-0.25, -0.2) is 17.6 Å². The molecule has 0 saturated carbocycles. The molecule has 0 radical (unpaired) electrons. The Hall–Kier alpha value is -3.73. The minimum atomic E-state index is -3.98. The summed E-state index contributed by atoms with van der Waals surface area (Å²) in [6.45, 7) is 3.41. The highest BCUT2D eigenvalue weighted by atomic mass is 32.2. The summed E-state index contributed by atoms with van der Waals surface area (Å²) in [5.41, 5.74) is 2.18. The van der Waals surface area contributed by atoms with E-state index in [0.29, 0.717) is 5.69 Å². The topological polar surface area (TPSA) is 99.2 Å². The van der Waals surface area contributed by atoms with Crippen LogP contribution in [0.2, 0.25) is 0 Å². The van der Waals surface area contributed by atoms with E-state index in [1.807, 2.05) is 49.4 Å². The summed E-state index contributed by atoms with van der Waals surface area (Å²) in [5.74, 6) is -0.563. The third-order valence-corrected chi connectivity index (χ3v) is 8.87. The highest BCUT2D eigenvalue weighted by molar-refractivity contribution is 7.89. The Morgan fingerprint density at radius 3 is 2.48 bits per heavy atom. The fraction of sp³-hybridized carbons (Fsp3) is 0.300. The van der Waals surface area contributed by atoms with Gasteiger partial charge >= 0.3 is 6.03 Å². The largest absolute Gasteiger partial charge is 0.487 e. The van der Waals surface area contributed by atoms with Crippen molar-refractivity contribution in [1.82, 2.24) is 9.21 Å². The van der Waals surface area contributed by atoms with E-state index >= 15 is 0 Å². The minimum absolute atomic E-state index is 0.0000205. The zero-order valence-corrected chi connectivity index (χ0v) is 23.5. The van der Waals surface area contributed by atoms with Crippen LogP contribution in [0.25, 0.3) is 12.2 Å². The molecule has 2 N–H and O–H groups in total. The first-order valence-electron chi connectivity index (χ1n) is 13.0. The van der Waals surface area contributed by atoms with Crippen LogP contribution in [-0.4, -0.2) is 67.7 Å². The Bertz CT molecular complexity index is 1450. The third-order valence-electron chi connectivity index (χ3n) is 6.85. The number of fused-ring (bicyclic) bond motifs is 1. The molecule has 3 aromatic carbocycles. The molecule has 0 aliphatic carbocycles. The Morgan fingerprint density at radius 1 is 1.12 bits per heavy atom. The number of aliphatic hydroxyl groups is 1. The number of carbonyl (C=O) groups excluding carboxylic acids is 1. The van der Waals surface area contributed by atoms with Crippen molar-refractivity contribution in [2.24, 2.45) is 5.92 Å². The first-order valence-corrected chi connectivity index (χ1v) is 14.5. The van der Waals surface area contributed by atoms with Gasteiger partial charge in [0.2, 0.25) is 10.0 Å². The van der Waals surface area contributed by atoms with Gasteiger partial charge in [-0.2, -0.15) is 4.31 Å². The number of sulfonamides is 1. The molecule has 0 aromatic heterocycles. The van der Waals surface area contributed by atoms with E-state index in [2.05, 4.69) is 5.32 Å². The second kappa shape index (κ2) is 12.6. The highest BCUT2D eigenvalue weighted by Gasteiger charge is 2.38. The maximum Gasteiger partial charge on any atom is 0.321 e. The third kappa shape index (κ3) is 6.88. The van der Waals surface area contributed by atoms with Crippen molar-refractivity contribution in [1.29, 1.82) is 0 Å². The number of amides is 2. The van der Waals surface area contributed by atoms with E-state index < -0.39 is 34.0 Å². The van der Waals surface area contributed by atoms with Crippen molar-refractivity contribution in [2.45, 2.75) is 30.9 Å². The molecule has 0 bridgehead atoms. The van der Waals surface area contributed by atoms with Crippen LogP contribution in [0.4, 0.5) is 14.9 Å². The lowest BCUT2D eigenvalue weighted by atomic mass is 10.0. The van der Waals surface area contributed by atoms with Gasteiger partial charge in [0.05, 0.1) is 13.2 Å². The minimum Gasteiger partial charge on any atom is -0.487 e. The van der Waals surface area contributed by atoms with Gasteiger partial charge in [-0.1, -0.05) is 55.5 Å². The number of aliphatic hydroxyl groups excluding tert-OH is 1. The number of nitrogens with zero attached hydrogens (tertiary/aromatic N) is 2. The molecular weight excluding hydrogens is 533 g/mol. The molecule has 1 aliphatic heterocycles. The number of hydrogen-bond acceptors (Lipinski definition) is 5. The summed E-state index contributed by atoms with van der Waals surface area (Å²) in [4.78, 5) is 14.3. The van der Waals surface area contributed by atoms with Crippen molar-refractivity contribution in [3.05, 3.63) is 89.7 Å². The van der Waals surface area contributed by atoms with Gasteiger partial charge in [0.25, 0.3) is 0 Å². The van der Waals surface area contributed by atoms with Crippen molar-refractivity contribution < 1.29 is 27.4 Å². The van der Waals surface area contributed by atoms with Crippen molar-refractivity contribution in [2.75, 3.05) is 32.1 Å². The Balaban J connectivity index is 1.64. The van der Waals surface area contributed by atoms with Crippen molar-refractivity contribution in [3.8, 4) is 5.75 Å². The van der Waals surface area contributed by atoms with Gasteiger partial charge in [0.1, 0.15) is 22.6 Å². The lowest BCUT2D eigenvalue weighted by molar-refractivity contribution is 0.0830. The number of hydrogen-bond donors (Lipinski definition) is 2. The van der Waals surface area contributed by atoms with Crippen LogP contribution in [0.5, 0.6) is 5.75 Å². The summed E-state index contributed by atoms with van der Waals surface area (Å²) in [6, 6.07) is 19.0. The van der Waals surface area contributed by atoms with E-state index in [-0.39, 0.29) is 36.3 Å². The van der Waals surface area contributed by atoms with Crippen LogP contribution in [0.3, 0.4) is 0 Å². The van der Waals surface area contributed by atoms with Crippen molar-refractivity contribution >= 4 is 33.9 Å². The molecule has 8 nitrogen and oxygen atoms in total. The number of halogens is 1. The summed E-state index contributed by atoms with van der Waals surface area (Å²) in [7, 11) is -2.37. The normalized spacial score (nSPS) is 19.6. The SMILES string of the molecule is C[C@H](CO)N1C[C@H](C)[C@@H](CN(C)C(=O)Nc2ccc(F)cc2)Oc2cc(/C=C/c3ccccc3)ccc2S1(=O)=O. The van der Waals surface area contributed by atoms with Gasteiger partial charge in [0, 0.05) is 31.2 Å². The lowest BCUT2D eigenvalue weighted by Gasteiger charge is -2.37. The molecule has 10 heteroatoms. The van der Waals surface area contributed by atoms with Crippen LogP contribution in [0.1, 0.15) is 25.0 Å². The zero-order chi connectivity index (χ0) is 28.9. The smallest absolute Gasteiger partial charge is 0.321 e. The molecular formula is C30H34FN3O5S. The van der Waals surface area contributed by atoms with Crippen LogP contribution in [0, 0.1) is 11.7 Å². The molecule has 4 rings (SSSR count). The van der Waals surface area contributed by atoms with Crippen molar-refractivity contribution in [3.63, 3.8) is 0 Å². The van der Waals surface area contributed by atoms with E-state index in [9.17, 15) is 22.7 Å². The first kappa shape index (κ1) is 29.3. The molecule has 0 fully saturated rings. The monoisotopic (exact) mass is 567 g/mol. The van der Waals surface area contributed by atoms with Gasteiger partial charge in [-0.3, -0.25) is 0 Å². The molecule has 40 heavy (non-hydrogen) atoms. The van der Waals surface area contributed by atoms with E-state index in [4.69, 9.17) is 4.74 Å². The van der Waals surface area contributed by atoms with Gasteiger partial charge in [-0.15, -0.1) is 0 Å². The first-order chi connectivity index (χ1) is 19.1. The molecule has 212 valence electrons. The maximum atomic E-state index is 13.7. The predicted octanol–water partition coefficient (Wildman–Crippen LogP) is 4.93. The summed E-state index contributed by atoms with van der Waals surface area (Å²) in [5, 5.41) is 12.6. The number of urea groups is 1. The molecule has 1 heterocycles. The van der Waals surface area contributed by atoms with Crippen LogP contribution >= 0.6 is 0 Å². The number of nitrogens with one attached hydrogen (secondary N) is 1. The molecule has 2 amide bonds. The second-order valence-corrected chi connectivity index (χ2v) is 11.9. The fourth-order valence-corrected chi connectivity index (χ4v) is 6.25. The number of ether oxygens (including phenoxy) is 1. The van der Waals surface area contributed by atoms with Crippen LogP contribution in [-0.2, 0) is 10.0 Å². The van der Waals surface area contributed by atoms with E-state index in [0.717, 1.165) is 11.1 Å².